The highest BCUT2D eigenvalue weighted by Crippen LogP contribution is 2.39. The number of hydrogen-bond acceptors (Lipinski definition) is 3. The van der Waals surface area contributed by atoms with Gasteiger partial charge in [-0.15, -0.1) is 0 Å². The number of nitrogens with zero attached hydrogens (tertiary/aromatic N) is 3. The molecule has 10 aromatic carbocycles. The second-order valence-electron chi connectivity index (χ2n) is 14.8. The molecule has 0 spiro atoms. The Morgan fingerprint density at radius 3 is 1.38 bits per heavy atom. The lowest BCUT2D eigenvalue weighted by atomic mass is 9.92. The maximum Gasteiger partial charge on any atom is 0.164 e. The van der Waals surface area contributed by atoms with Crippen LogP contribution >= 0.6 is 0 Å². The normalized spacial score (nSPS) is 11.4. The topological polar surface area (TPSA) is 38.7 Å². The van der Waals surface area contributed by atoms with Crippen molar-refractivity contribution in [2.75, 3.05) is 0 Å². The summed E-state index contributed by atoms with van der Waals surface area (Å²) in [6.07, 6.45) is 0. The van der Waals surface area contributed by atoms with Gasteiger partial charge in [0, 0.05) is 16.7 Å². The number of fused-ring (bicyclic) bond motifs is 4. The lowest BCUT2D eigenvalue weighted by Gasteiger charge is -2.14. The van der Waals surface area contributed by atoms with Crippen LogP contribution in [0.4, 0.5) is 0 Å². The highest BCUT2D eigenvalue weighted by molar-refractivity contribution is 6.09. The first-order chi connectivity index (χ1) is 28.7. The summed E-state index contributed by atoms with van der Waals surface area (Å²) < 4.78 is 0. The quantitative estimate of drug-likeness (QED) is 0.171. The van der Waals surface area contributed by atoms with E-state index in [1.165, 1.54) is 54.7 Å². The van der Waals surface area contributed by atoms with Gasteiger partial charge in [-0.25, -0.2) is 15.0 Å². The Labute approximate surface area is 336 Å². The molecule has 0 aliphatic carbocycles. The number of benzene rings is 10. The Balaban J connectivity index is 1.06. The molecular formula is C55H35N3. The van der Waals surface area contributed by atoms with Gasteiger partial charge in [-0.3, -0.25) is 0 Å². The molecule has 58 heavy (non-hydrogen) atoms. The molecule has 11 aromatic rings. The summed E-state index contributed by atoms with van der Waals surface area (Å²) in [5.74, 6) is 1.90. The molecule has 0 unspecified atom stereocenters. The van der Waals surface area contributed by atoms with Crippen molar-refractivity contribution in [2.24, 2.45) is 0 Å². The molecule has 0 bridgehead atoms. The van der Waals surface area contributed by atoms with E-state index >= 15 is 0 Å². The van der Waals surface area contributed by atoms with Crippen molar-refractivity contribution in [3.05, 3.63) is 212 Å². The van der Waals surface area contributed by atoms with E-state index in [1.807, 2.05) is 0 Å². The van der Waals surface area contributed by atoms with E-state index in [0.29, 0.717) is 17.5 Å². The fraction of sp³-hybridized carbons (Fsp3) is 0. The van der Waals surface area contributed by atoms with Crippen LogP contribution < -0.4 is 0 Å². The van der Waals surface area contributed by atoms with Crippen molar-refractivity contribution >= 4 is 43.1 Å². The van der Waals surface area contributed by atoms with E-state index in [4.69, 9.17) is 15.0 Å². The van der Waals surface area contributed by atoms with Crippen molar-refractivity contribution in [2.45, 2.75) is 0 Å². The molecule has 0 radical (unpaired) electrons. The fourth-order valence-corrected chi connectivity index (χ4v) is 8.32. The Morgan fingerprint density at radius 2 is 0.638 bits per heavy atom. The summed E-state index contributed by atoms with van der Waals surface area (Å²) >= 11 is 0. The third kappa shape index (κ3) is 6.07. The first-order valence-electron chi connectivity index (χ1n) is 19.7. The van der Waals surface area contributed by atoms with Crippen molar-refractivity contribution in [1.82, 2.24) is 15.0 Å². The predicted molar refractivity (Wildman–Crippen MR) is 242 cm³/mol. The third-order valence-electron chi connectivity index (χ3n) is 11.3. The molecular weight excluding hydrogens is 703 g/mol. The molecule has 0 saturated heterocycles. The minimum atomic E-state index is 0.631. The van der Waals surface area contributed by atoms with Gasteiger partial charge in [0.25, 0.3) is 0 Å². The lowest BCUT2D eigenvalue weighted by molar-refractivity contribution is 1.08. The zero-order valence-electron chi connectivity index (χ0n) is 31.5. The van der Waals surface area contributed by atoms with Gasteiger partial charge in [-0.05, 0) is 101 Å². The monoisotopic (exact) mass is 737 g/mol. The van der Waals surface area contributed by atoms with Gasteiger partial charge in [0.2, 0.25) is 0 Å². The van der Waals surface area contributed by atoms with Gasteiger partial charge in [0.15, 0.2) is 17.5 Å². The Morgan fingerprint density at radius 1 is 0.207 bits per heavy atom. The van der Waals surface area contributed by atoms with E-state index < -0.39 is 0 Å². The van der Waals surface area contributed by atoms with Crippen LogP contribution in [0.2, 0.25) is 0 Å². The highest BCUT2D eigenvalue weighted by atomic mass is 15.0. The van der Waals surface area contributed by atoms with Crippen LogP contribution in [0.5, 0.6) is 0 Å². The summed E-state index contributed by atoms with van der Waals surface area (Å²) in [4.78, 5) is 15.6. The summed E-state index contributed by atoms with van der Waals surface area (Å²) in [6.45, 7) is 0. The minimum absolute atomic E-state index is 0.631. The maximum absolute atomic E-state index is 5.25. The summed E-state index contributed by atoms with van der Waals surface area (Å²) in [6, 6.07) is 75.4. The summed E-state index contributed by atoms with van der Waals surface area (Å²) in [7, 11) is 0. The van der Waals surface area contributed by atoms with Gasteiger partial charge in [-0.2, -0.15) is 0 Å². The predicted octanol–water partition coefficient (Wildman–Crippen LogP) is 14.5. The van der Waals surface area contributed by atoms with E-state index in [1.54, 1.807) is 0 Å². The molecule has 0 aliphatic rings. The largest absolute Gasteiger partial charge is 0.208 e. The zero-order valence-corrected chi connectivity index (χ0v) is 31.5. The number of rotatable bonds is 6. The molecule has 0 fully saturated rings. The summed E-state index contributed by atoms with van der Waals surface area (Å²) in [5, 5.41) is 9.45. The standard InChI is InChI=1S/C55H35N3/c1-2-11-36(12-3-1)42-27-28-45-35-46(30-29-44(45)34-42)54-56-53(40-24-21-38(22-25-40)43-26-23-37-13-4-5-15-41(37)33-43)57-55(58-54)52-32-31-51(49-18-8-9-19-50(49)52)48-20-10-16-39-14-6-7-17-47(39)48/h1-35H. The van der Waals surface area contributed by atoms with Crippen LogP contribution in [0.15, 0.2) is 212 Å². The van der Waals surface area contributed by atoms with Gasteiger partial charge in [0.1, 0.15) is 0 Å². The molecule has 3 heteroatoms. The molecule has 1 aromatic heterocycles. The lowest BCUT2D eigenvalue weighted by Crippen LogP contribution is -2.01. The van der Waals surface area contributed by atoms with Crippen LogP contribution in [0, 0.1) is 0 Å². The minimum Gasteiger partial charge on any atom is -0.208 e. The smallest absolute Gasteiger partial charge is 0.164 e. The first kappa shape index (κ1) is 33.6. The molecule has 3 nitrogen and oxygen atoms in total. The SMILES string of the molecule is c1ccc(-c2ccc3cc(-c4nc(-c5ccc(-c6ccc7ccccc7c6)cc5)nc(-c5ccc(-c6cccc7ccccc67)c6ccccc56)n4)ccc3c2)cc1. The van der Waals surface area contributed by atoms with Crippen LogP contribution in [-0.2, 0) is 0 Å². The molecule has 1 heterocycles. The second kappa shape index (κ2) is 14.1. The molecule has 270 valence electrons. The fourth-order valence-electron chi connectivity index (χ4n) is 8.32. The van der Waals surface area contributed by atoms with Crippen molar-refractivity contribution in [3.63, 3.8) is 0 Å². The first-order valence-corrected chi connectivity index (χ1v) is 19.7. The molecule has 0 N–H and O–H groups in total. The molecule has 0 atom stereocenters. The van der Waals surface area contributed by atoms with Gasteiger partial charge in [-0.1, -0.05) is 188 Å². The van der Waals surface area contributed by atoms with Gasteiger partial charge < -0.3 is 0 Å². The van der Waals surface area contributed by atoms with E-state index in [9.17, 15) is 0 Å². The summed E-state index contributed by atoms with van der Waals surface area (Å²) in [5.41, 5.74) is 9.92. The van der Waals surface area contributed by atoms with Crippen LogP contribution in [-0.4, -0.2) is 15.0 Å². The van der Waals surface area contributed by atoms with Gasteiger partial charge >= 0.3 is 0 Å². The maximum atomic E-state index is 5.25. The van der Waals surface area contributed by atoms with Crippen LogP contribution in [0.3, 0.4) is 0 Å². The third-order valence-corrected chi connectivity index (χ3v) is 11.3. The Kier molecular flexibility index (Phi) is 8.15. The molecule has 0 amide bonds. The number of aromatic nitrogens is 3. The van der Waals surface area contributed by atoms with E-state index in [0.717, 1.165) is 38.4 Å². The Hall–Kier alpha value is -7.75. The molecule has 0 saturated carbocycles. The van der Waals surface area contributed by atoms with E-state index in [-0.39, 0.29) is 0 Å². The van der Waals surface area contributed by atoms with Crippen LogP contribution in [0.1, 0.15) is 0 Å². The average molecular weight is 738 g/mol. The second-order valence-corrected chi connectivity index (χ2v) is 14.8. The zero-order chi connectivity index (χ0) is 38.4. The van der Waals surface area contributed by atoms with Crippen molar-refractivity contribution < 1.29 is 0 Å². The van der Waals surface area contributed by atoms with Gasteiger partial charge in [0.05, 0.1) is 0 Å². The van der Waals surface area contributed by atoms with Crippen LogP contribution in [0.25, 0.3) is 111 Å². The Bertz CT molecular complexity index is 3330. The highest BCUT2D eigenvalue weighted by Gasteiger charge is 2.17. The van der Waals surface area contributed by atoms with Crippen molar-refractivity contribution in [3.8, 4) is 67.5 Å². The average Bonchev–Trinajstić information content (AvgIpc) is 3.30. The molecule has 11 rings (SSSR count). The number of hydrogen-bond donors (Lipinski definition) is 0. The van der Waals surface area contributed by atoms with Crippen molar-refractivity contribution in [1.29, 1.82) is 0 Å². The van der Waals surface area contributed by atoms with E-state index in [2.05, 4.69) is 212 Å². The molecule has 0 aliphatic heterocycles.